The minimum atomic E-state index is -1.12. The van der Waals surface area contributed by atoms with Crippen LogP contribution in [0.5, 0.6) is 0 Å². The Morgan fingerprint density at radius 2 is 2.00 bits per heavy atom. The molecule has 6 heteroatoms. The molecule has 2 aromatic rings. The standard InChI is InChI=1S/C13H10FNO3S/c1-7-2-3-8(14)6-10(7)11(16)15-12-9(13(17)18)4-5-19-12/h2-6H,1H3,(H,15,16)(H,17,18). The number of carbonyl (C=O) groups is 2. The number of carboxylic acids is 1. The van der Waals surface area contributed by atoms with E-state index >= 15 is 0 Å². The van der Waals surface area contributed by atoms with Crippen LogP contribution in [0.2, 0.25) is 0 Å². The summed E-state index contributed by atoms with van der Waals surface area (Å²) in [6.07, 6.45) is 0. The monoisotopic (exact) mass is 279 g/mol. The first kappa shape index (κ1) is 13.2. The SMILES string of the molecule is Cc1ccc(F)cc1C(=O)Nc1sccc1C(=O)O. The highest BCUT2D eigenvalue weighted by Crippen LogP contribution is 2.24. The van der Waals surface area contributed by atoms with E-state index in [0.29, 0.717) is 5.56 Å². The van der Waals surface area contributed by atoms with Gasteiger partial charge in [-0.2, -0.15) is 0 Å². The van der Waals surface area contributed by atoms with Crippen molar-refractivity contribution < 1.29 is 19.1 Å². The van der Waals surface area contributed by atoms with Crippen LogP contribution in [-0.2, 0) is 0 Å². The predicted octanol–water partition coefficient (Wildman–Crippen LogP) is 3.15. The van der Waals surface area contributed by atoms with Gasteiger partial charge in [-0.25, -0.2) is 9.18 Å². The number of hydrogen-bond acceptors (Lipinski definition) is 3. The van der Waals surface area contributed by atoms with Crippen molar-refractivity contribution in [3.8, 4) is 0 Å². The summed E-state index contributed by atoms with van der Waals surface area (Å²) in [5.74, 6) is -2.16. The maximum absolute atomic E-state index is 13.1. The topological polar surface area (TPSA) is 66.4 Å². The predicted molar refractivity (Wildman–Crippen MR) is 70.4 cm³/mol. The third-order valence-electron chi connectivity index (χ3n) is 2.57. The average molecular weight is 279 g/mol. The Morgan fingerprint density at radius 1 is 1.26 bits per heavy atom. The van der Waals surface area contributed by atoms with Gasteiger partial charge in [-0.3, -0.25) is 4.79 Å². The smallest absolute Gasteiger partial charge is 0.338 e. The Hall–Kier alpha value is -2.21. The van der Waals surface area contributed by atoms with Crippen molar-refractivity contribution in [2.45, 2.75) is 6.92 Å². The third kappa shape index (κ3) is 2.79. The molecule has 0 radical (unpaired) electrons. The second kappa shape index (κ2) is 5.19. The van der Waals surface area contributed by atoms with Crippen molar-refractivity contribution in [1.29, 1.82) is 0 Å². The Labute approximate surface area is 112 Å². The van der Waals surface area contributed by atoms with E-state index in [1.165, 1.54) is 18.2 Å². The van der Waals surface area contributed by atoms with Gasteiger partial charge in [0.1, 0.15) is 10.8 Å². The number of carboxylic acid groups (broad SMARTS) is 1. The Morgan fingerprint density at radius 3 is 2.68 bits per heavy atom. The number of aryl methyl sites for hydroxylation is 1. The second-order valence-electron chi connectivity index (χ2n) is 3.88. The van der Waals surface area contributed by atoms with E-state index in [9.17, 15) is 14.0 Å². The number of rotatable bonds is 3. The lowest BCUT2D eigenvalue weighted by atomic mass is 10.1. The lowest BCUT2D eigenvalue weighted by molar-refractivity contribution is 0.0698. The quantitative estimate of drug-likeness (QED) is 0.907. The van der Waals surface area contributed by atoms with E-state index in [0.717, 1.165) is 17.4 Å². The summed E-state index contributed by atoms with van der Waals surface area (Å²) in [6.45, 7) is 1.68. The van der Waals surface area contributed by atoms with Crippen molar-refractivity contribution in [2.75, 3.05) is 5.32 Å². The number of anilines is 1. The molecule has 0 bridgehead atoms. The van der Waals surface area contributed by atoms with Crippen molar-refractivity contribution in [2.24, 2.45) is 0 Å². The van der Waals surface area contributed by atoms with Crippen molar-refractivity contribution in [1.82, 2.24) is 0 Å². The Bertz CT molecular complexity index is 651. The fraction of sp³-hybridized carbons (Fsp3) is 0.0769. The number of thiophene rings is 1. The van der Waals surface area contributed by atoms with Gasteiger partial charge in [0.25, 0.3) is 5.91 Å². The van der Waals surface area contributed by atoms with Gasteiger partial charge in [0, 0.05) is 5.56 Å². The number of benzene rings is 1. The molecule has 4 nitrogen and oxygen atoms in total. The van der Waals surface area contributed by atoms with Gasteiger partial charge in [0.15, 0.2) is 0 Å². The molecule has 2 rings (SSSR count). The highest BCUT2D eigenvalue weighted by molar-refractivity contribution is 7.14. The van der Waals surface area contributed by atoms with Crippen LogP contribution in [0.25, 0.3) is 0 Å². The molecular formula is C13H10FNO3S. The highest BCUT2D eigenvalue weighted by Gasteiger charge is 2.16. The molecule has 1 aromatic carbocycles. The molecule has 0 atom stereocenters. The number of amides is 1. The molecular weight excluding hydrogens is 269 g/mol. The molecule has 0 fully saturated rings. The summed E-state index contributed by atoms with van der Waals surface area (Å²) in [7, 11) is 0. The van der Waals surface area contributed by atoms with Gasteiger partial charge in [-0.1, -0.05) is 6.07 Å². The van der Waals surface area contributed by atoms with E-state index < -0.39 is 17.7 Å². The number of aromatic carboxylic acids is 1. The number of nitrogens with one attached hydrogen (secondary N) is 1. The van der Waals surface area contributed by atoms with Crippen LogP contribution >= 0.6 is 11.3 Å². The van der Waals surface area contributed by atoms with Crippen molar-refractivity contribution in [3.05, 3.63) is 52.2 Å². The van der Waals surface area contributed by atoms with Gasteiger partial charge in [0.2, 0.25) is 0 Å². The van der Waals surface area contributed by atoms with Crippen LogP contribution < -0.4 is 5.32 Å². The van der Waals surface area contributed by atoms with Crippen LogP contribution in [0.15, 0.2) is 29.6 Å². The molecule has 19 heavy (non-hydrogen) atoms. The maximum Gasteiger partial charge on any atom is 0.338 e. The van der Waals surface area contributed by atoms with Crippen molar-refractivity contribution in [3.63, 3.8) is 0 Å². The Kier molecular flexibility index (Phi) is 3.62. The van der Waals surface area contributed by atoms with Crippen LogP contribution in [0, 0.1) is 12.7 Å². The fourth-order valence-electron chi connectivity index (χ4n) is 1.58. The molecule has 0 saturated carbocycles. The van der Waals surface area contributed by atoms with E-state index in [-0.39, 0.29) is 16.1 Å². The van der Waals surface area contributed by atoms with Gasteiger partial charge >= 0.3 is 5.97 Å². The fourth-order valence-corrected chi connectivity index (χ4v) is 2.36. The number of halogens is 1. The van der Waals surface area contributed by atoms with Crippen LogP contribution in [-0.4, -0.2) is 17.0 Å². The van der Waals surface area contributed by atoms with Gasteiger partial charge < -0.3 is 10.4 Å². The lowest BCUT2D eigenvalue weighted by Crippen LogP contribution is -2.14. The zero-order chi connectivity index (χ0) is 14.0. The largest absolute Gasteiger partial charge is 0.478 e. The van der Waals surface area contributed by atoms with Gasteiger partial charge in [0.05, 0.1) is 5.56 Å². The summed E-state index contributed by atoms with van der Waals surface area (Å²) >= 11 is 1.10. The maximum atomic E-state index is 13.1. The average Bonchev–Trinajstić information content (AvgIpc) is 2.80. The van der Waals surface area contributed by atoms with Crippen LogP contribution in [0.3, 0.4) is 0 Å². The summed E-state index contributed by atoms with van der Waals surface area (Å²) in [6, 6.07) is 5.29. The van der Waals surface area contributed by atoms with Gasteiger partial charge in [-0.15, -0.1) is 11.3 Å². The molecule has 1 amide bonds. The summed E-state index contributed by atoms with van der Waals surface area (Å²) < 4.78 is 13.1. The highest BCUT2D eigenvalue weighted by atomic mass is 32.1. The molecule has 0 spiro atoms. The normalized spacial score (nSPS) is 10.2. The summed E-state index contributed by atoms with van der Waals surface area (Å²) in [5, 5.41) is 13.2. The zero-order valence-corrected chi connectivity index (χ0v) is 10.8. The van der Waals surface area contributed by atoms with Crippen molar-refractivity contribution >= 4 is 28.2 Å². The number of carbonyl (C=O) groups excluding carboxylic acids is 1. The zero-order valence-electron chi connectivity index (χ0n) is 9.94. The first-order valence-corrected chi connectivity index (χ1v) is 6.25. The van der Waals surface area contributed by atoms with E-state index in [1.54, 1.807) is 12.3 Å². The first-order valence-electron chi connectivity index (χ1n) is 5.37. The number of hydrogen-bond donors (Lipinski definition) is 2. The Balaban J connectivity index is 2.28. The molecule has 2 N–H and O–H groups in total. The third-order valence-corrected chi connectivity index (χ3v) is 3.40. The van der Waals surface area contributed by atoms with E-state index in [1.807, 2.05) is 0 Å². The molecule has 1 aromatic heterocycles. The second-order valence-corrected chi connectivity index (χ2v) is 4.80. The van der Waals surface area contributed by atoms with Crippen LogP contribution in [0.4, 0.5) is 9.39 Å². The first-order chi connectivity index (χ1) is 8.99. The lowest BCUT2D eigenvalue weighted by Gasteiger charge is -2.07. The molecule has 98 valence electrons. The molecule has 0 aliphatic rings. The molecule has 0 aliphatic carbocycles. The summed E-state index contributed by atoms with van der Waals surface area (Å²) in [4.78, 5) is 22.9. The minimum Gasteiger partial charge on any atom is -0.478 e. The molecule has 0 saturated heterocycles. The van der Waals surface area contributed by atoms with E-state index in [4.69, 9.17) is 5.11 Å². The van der Waals surface area contributed by atoms with E-state index in [2.05, 4.69) is 5.32 Å². The molecule has 0 unspecified atom stereocenters. The molecule has 0 aliphatic heterocycles. The van der Waals surface area contributed by atoms with Gasteiger partial charge in [-0.05, 0) is 36.1 Å². The van der Waals surface area contributed by atoms with Crippen LogP contribution in [0.1, 0.15) is 26.3 Å². The molecule has 1 heterocycles. The minimum absolute atomic E-state index is 0.0207. The summed E-state index contributed by atoms with van der Waals surface area (Å²) in [5.41, 5.74) is 0.824.